The minimum Gasteiger partial charge on any atom is -0.466 e. The molecule has 100 valence electrons. The summed E-state index contributed by atoms with van der Waals surface area (Å²) in [5, 5.41) is 10.7. The van der Waals surface area contributed by atoms with E-state index in [2.05, 4.69) is 6.92 Å². The van der Waals surface area contributed by atoms with E-state index < -0.39 is 5.60 Å². The zero-order chi connectivity index (χ0) is 12.9. The second-order valence-electron chi connectivity index (χ2n) is 5.19. The second-order valence-corrected chi connectivity index (χ2v) is 5.19. The van der Waals surface area contributed by atoms with Gasteiger partial charge in [-0.25, -0.2) is 0 Å². The fourth-order valence-electron chi connectivity index (χ4n) is 3.07. The van der Waals surface area contributed by atoms with Gasteiger partial charge in [0, 0.05) is 0 Å². The van der Waals surface area contributed by atoms with Crippen molar-refractivity contribution >= 4 is 5.97 Å². The molecule has 0 aromatic carbocycles. The molecule has 0 amide bonds. The predicted molar refractivity (Wildman–Crippen MR) is 67.6 cm³/mol. The molecular formula is C14H26O3. The minimum absolute atomic E-state index is 0.228. The van der Waals surface area contributed by atoms with Crippen molar-refractivity contribution in [3.8, 4) is 0 Å². The fraction of sp³-hybridized carbons (Fsp3) is 0.929. The molecule has 0 aromatic heterocycles. The van der Waals surface area contributed by atoms with Gasteiger partial charge in [-0.05, 0) is 32.1 Å². The lowest BCUT2D eigenvalue weighted by molar-refractivity contribution is -0.162. The number of aliphatic hydroxyl groups is 1. The third kappa shape index (κ3) is 3.44. The molecule has 0 aromatic rings. The molecule has 17 heavy (non-hydrogen) atoms. The van der Waals surface area contributed by atoms with Crippen LogP contribution in [0.1, 0.15) is 59.3 Å². The summed E-state index contributed by atoms with van der Waals surface area (Å²) >= 11 is 0. The molecule has 1 fully saturated rings. The van der Waals surface area contributed by atoms with Crippen LogP contribution in [0.25, 0.3) is 0 Å². The van der Waals surface area contributed by atoms with Gasteiger partial charge in [0.15, 0.2) is 0 Å². The topological polar surface area (TPSA) is 46.5 Å². The number of carbonyl (C=O) groups excluding carboxylic acids is 1. The second kappa shape index (κ2) is 6.39. The van der Waals surface area contributed by atoms with E-state index in [1.54, 1.807) is 0 Å². The van der Waals surface area contributed by atoms with E-state index in [4.69, 9.17) is 4.74 Å². The van der Waals surface area contributed by atoms with Crippen LogP contribution >= 0.6 is 0 Å². The van der Waals surface area contributed by atoms with Gasteiger partial charge in [0.25, 0.3) is 0 Å². The molecule has 0 bridgehead atoms. The lowest BCUT2D eigenvalue weighted by atomic mass is 9.70. The van der Waals surface area contributed by atoms with E-state index in [-0.39, 0.29) is 11.9 Å². The molecule has 1 saturated carbocycles. The van der Waals surface area contributed by atoms with Gasteiger partial charge in [0.2, 0.25) is 0 Å². The van der Waals surface area contributed by atoms with Gasteiger partial charge < -0.3 is 9.84 Å². The molecule has 3 heteroatoms. The summed E-state index contributed by atoms with van der Waals surface area (Å²) in [6.45, 7) is 6.31. The Morgan fingerprint density at radius 1 is 1.47 bits per heavy atom. The summed E-state index contributed by atoms with van der Waals surface area (Å²) in [7, 11) is 0. The molecule has 3 nitrogen and oxygen atoms in total. The summed E-state index contributed by atoms with van der Waals surface area (Å²) in [6, 6.07) is 0. The molecule has 0 spiro atoms. The summed E-state index contributed by atoms with van der Waals surface area (Å²) in [4.78, 5) is 11.9. The quantitative estimate of drug-likeness (QED) is 0.754. The van der Waals surface area contributed by atoms with E-state index in [0.717, 1.165) is 25.7 Å². The number of carbonyl (C=O) groups is 1. The zero-order valence-corrected chi connectivity index (χ0v) is 11.4. The fourth-order valence-corrected chi connectivity index (χ4v) is 3.07. The third-order valence-electron chi connectivity index (χ3n) is 4.07. The molecule has 3 unspecified atom stereocenters. The van der Waals surface area contributed by atoms with Crippen LogP contribution < -0.4 is 0 Å². The highest BCUT2D eigenvalue weighted by Gasteiger charge is 2.44. The van der Waals surface area contributed by atoms with E-state index in [1.165, 1.54) is 6.42 Å². The Kier molecular flexibility index (Phi) is 5.44. The van der Waals surface area contributed by atoms with Crippen LogP contribution in [0.15, 0.2) is 0 Å². The highest BCUT2D eigenvalue weighted by molar-refractivity contribution is 5.73. The summed E-state index contributed by atoms with van der Waals surface area (Å²) < 4.78 is 5.08. The molecular weight excluding hydrogens is 216 g/mol. The molecule has 0 aliphatic heterocycles. The van der Waals surface area contributed by atoms with E-state index >= 15 is 0 Å². The first-order valence-corrected chi connectivity index (χ1v) is 6.96. The summed E-state index contributed by atoms with van der Waals surface area (Å²) in [5.74, 6) is -0.0247. The largest absolute Gasteiger partial charge is 0.466 e. The van der Waals surface area contributed by atoms with Crippen LogP contribution in [0.4, 0.5) is 0 Å². The monoisotopic (exact) mass is 242 g/mol. The van der Waals surface area contributed by atoms with Crippen LogP contribution in [0.3, 0.4) is 0 Å². The Morgan fingerprint density at radius 3 is 2.71 bits per heavy atom. The van der Waals surface area contributed by atoms with Crippen molar-refractivity contribution in [2.24, 2.45) is 11.8 Å². The van der Waals surface area contributed by atoms with Crippen molar-refractivity contribution in [3.63, 3.8) is 0 Å². The average Bonchev–Trinajstić information content (AvgIpc) is 2.29. The van der Waals surface area contributed by atoms with Gasteiger partial charge in [0.05, 0.1) is 18.1 Å². The maximum Gasteiger partial charge on any atom is 0.311 e. The highest BCUT2D eigenvalue weighted by Crippen LogP contribution is 2.40. The van der Waals surface area contributed by atoms with E-state index in [0.29, 0.717) is 18.9 Å². The number of rotatable bonds is 5. The first-order valence-electron chi connectivity index (χ1n) is 6.96. The molecule has 1 aliphatic carbocycles. The van der Waals surface area contributed by atoms with E-state index in [9.17, 15) is 9.90 Å². The van der Waals surface area contributed by atoms with Crippen LogP contribution in [0.5, 0.6) is 0 Å². The van der Waals surface area contributed by atoms with Crippen LogP contribution in [0.2, 0.25) is 0 Å². The van der Waals surface area contributed by atoms with Crippen LogP contribution in [0, 0.1) is 11.8 Å². The van der Waals surface area contributed by atoms with Gasteiger partial charge in [-0.2, -0.15) is 0 Å². The maximum atomic E-state index is 11.9. The Labute approximate surface area is 105 Å². The lowest BCUT2D eigenvalue weighted by Crippen LogP contribution is -2.46. The first kappa shape index (κ1) is 14.5. The Morgan fingerprint density at radius 2 is 2.18 bits per heavy atom. The molecule has 0 saturated heterocycles. The predicted octanol–water partition coefficient (Wildman–Crippen LogP) is 2.91. The minimum atomic E-state index is -0.833. The van der Waals surface area contributed by atoms with E-state index in [1.807, 2.05) is 13.8 Å². The third-order valence-corrected chi connectivity index (χ3v) is 4.07. The molecule has 1 N–H and O–H groups in total. The van der Waals surface area contributed by atoms with Crippen LogP contribution in [-0.2, 0) is 9.53 Å². The van der Waals surface area contributed by atoms with Gasteiger partial charge in [-0.1, -0.05) is 33.1 Å². The van der Waals surface area contributed by atoms with Gasteiger partial charge in [-0.15, -0.1) is 0 Å². The van der Waals surface area contributed by atoms with Crippen molar-refractivity contribution in [2.45, 2.75) is 64.9 Å². The van der Waals surface area contributed by atoms with Gasteiger partial charge in [0.1, 0.15) is 0 Å². The lowest BCUT2D eigenvalue weighted by Gasteiger charge is -2.40. The van der Waals surface area contributed by atoms with Crippen LogP contribution in [-0.4, -0.2) is 23.3 Å². The zero-order valence-electron chi connectivity index (χ0n) is 11.4. The molecule has 1 rings (SSSR count). The maximum absolute atomic E-state index is 11.9. The normalized spacial score (nSPS) is 30.9. The van der Waals surface area contributed by atoms with Crippen molar-refractivity contribution in [2.75, 3.05) is 6.61 Å². The summed E-state index contributed by atoms with van der Waals surface area (Å²) in [5.41, 5.74) is -0.833. The molecule has 0 radical (unpaired) electrons. The van der Waals surface area contributed by atoms with Gasteiger partial charge in [-0.3, -0.25) is 4.79 Å². The summed E-state index contributed by atoms with van der Waals surface area (Å²) in [6.07, 6.45) is 5.43. The number of hydrogen-bond acceptors (Lipinski definition) is 3. The van der Waals surface area contributed by atoms with Crippen molar-refractivity contribution in [3.05, 3.63) is 0 Å². The molecule has 0 heterocycles. The Hall–Kier alpha value is -0.570. The molecule has 3 atom stereocenters. The van der Waals surface area contributed by atoms with Crippen molar-refractivity contribution < 1.29 is 14.6 Å². The molecule has 1 aliphatic rings. The smallest absolute Gasteiger partial charge is 0.311 e. The average molecular weight is 242 g/mol. The number of hydrogen-bond donors (Lipinski definition) is 1. The highest BCUT2D eigenvalue weighted by atomic mass is 16.5. The first-order chi connectivity index (χ1) is 8.07. The van der Waals surface area contributed by atoms with Crippen molar-refractivity contribution in [1.82, 2.24) is 0 Å². The van der Waals surface area contributed by atoms with Crippen molar-refractivity contribution in [1.29, 1.82) is 0 Å². The Bertz CT molecular complexity index is 252. The van der Waals surface area contributed by atoms with Gasteiger partial charge >= 0.3 is 5.97 Å². The Balaban J connectivity index is 2.74. The number of ether oxygens (including phenoxy) is 1. The SMILES string of the molecule is CCOC(=O)C(CC)C1(O)CCCC(CC)C1. The number of esters is 1. The standard InChI is InChI=1S/C14H26O3/c1-4-11-8-7-9-14(16,10-11)12(5-2)13(15)17-6-3/h11-12,16H,4-10H2,1-3H3.